The number of piperazine rings is 1. The van der Waals surface area contributed by atoms with Crippen LogP contribution in [0.25, 0.3) is 11.3 Å². The monoisotopic (exact) mass is 503 g/mol. The molecule has 2 aliphatic rings. The van der Waals surface area contributed by atoms with Gasteiger partial charge in [-0.1, -0.05) is 60.1 Å². The number of amides is 2. The Kier molecular flexibility index (Phi) is 7.18. The molecular formula is C28H30ClN5O2. The minimum Gasteiger partial charge on any atom is -0.352 e. The standard InChI is InChI=1S/C28H30ClN5O2/c1-20(21-7-3-2-4-8-21)34(28(36)22-11-12-22)19-27(35)33-17-15-32(16-18-33)26-14-13-25(30-31-26)23-9-5-6-10-24(23)29/h2-10,13-14,20,22H,11-12,15-19H2,1H3. The van der Waals surface area contributed by atoms with Gasteiger partial charge < -0.3 is 14.7 Å². The third-order valence-electron chi connectivity index (χ3n) is 7.02. The number of nitrogens with zero attached hydrogens (tertiary/aromatic N) is 5. The lowest BCUT2D eigenvalue weighted by Crippen LogP contribution is -2.52. The van der Waals surface area contributed by atoms with Crippen molar-refractivity contribution >= 4 is 29.2 Å². The fourth-order valence-electron chi connectivity index (χ4n) is 4.62. The number of rotatable bonds is 7. The van der Waals surface area contributed by atoms with Gasteiger partial charge in [-0.3, -0.25) is 9.59 Å². The van der Waals surface area contributed by atoms with E-state index in [1.165, 1.54) is 0 Å². The minimum absolute atomic E-state index is 0.00779. The van der Waals surface area contributed by atoms with Gasteiger partial charge in [0.2, 0.25) is 11.8 Å². The summed E-state index contributed by atoms with van der Waals surface area (Å²) in [6.45, 7) is 4.60. The molecule has 2 fully saturated rings. The Morgan fingerprint density at radius 1 is 0.944 bits per heavy atom. The first-order chi connectivity index (χ1) is 17.5. The Bertz CT molecular complexity index is 1210. The summed E-state index contributed by atoms with van der Waals surface area (Å²) >= 11 is 6.28. The van der Waals surface area contributed by atoms with E-state index >= 15 is 0 Å². The molecule has 36 heavy (non-hydrogen) atoms. The number of anilines is 1. The van der Waals surface area contributed by atoms with Crippen molar-refractivity contribution in [3.63, 3.8) is 0 Å². The molecule has 3 aromatic rings. The summed E-state index contributed by atoms with van der Waals surface area (Å²) in [6, 6.07) is 21.2. The Hall–Kier alpha value is -3.45. The number of carbonyl (C=O) groups is 2. The zero-order chi connectivity index (χ0) is 25.1. The Balaban J connectivity index is 1.20. The number of aromatic nitrogens is 2. The van der Waals surface area contributed by atoms with Crippen LogP contribution in [0.1, 0.15) is 31.4 Å². The lowest BCUT2D eigenvalue weighted by Gasteiger charge is -2.37. The average Bonchev–Trinajstić information content (AvgIpc) is 3.78. The topological polar surface area (TPSA) is 69.6 Å². The summed E-state index contributed by atoms with van der Waals surface area (Å²) in [7, 11) is 0. The van der Waals surface area contributed by atoms with Crippen LogP contribution < -0.4 is 4.90 Å². The first kappa shape index (κ1) is 24.3. The third kappa shape index (κ3) is 5.36. The molecule has 1 aliphatic heterocycles. The van der Waals surface area contributed by atoms with Gasteiger partial charge in [0.1, 0.15) is 6.54 Å². The van der Waals surface area contributed by atoms with E-state index in [-0.39, 0.29) is 30.3 Å². The second-order valence-corrected chi connectivity index (χ2v) is 9.86. The molecule has 8 heteroatoms. The number of hydrogen-bond acceptors (Lipinski definition) is 5. The lowest BCUT2D eigenvalue weighted by atomic mass is 10.1. The largest absolute Gasteiger partial charge is 0.352 e. The van der Waals surface area contributed by atoms with Gasteiger partial charge in [-0.2, -0.15) is 0 Å². The van der Waals surface area contributed by atoms with E-state index < -0.39 is 0 Å². The molecule has 1 atom stereocenters. The molecule has 7 nitrogen and oxygen atoms in total. The van der Waals surface area contributed by atoms with Crippen LogP contribution in [-0.4, -0.2) is 64.5 Å². The van der Waals surface area contributed by atoms with Gasteiger partial charge in [0.25, 0.3) is 0 Å². The van der Waals surface area contributed by atoms with Crippen LogP contribution in [-0.2, 0) is 9.59 Å². The molecule has 0 spiro atoms. The maximum absolute atomic E-state index is 13.2. The lowest BCUT2D eigenvalue weighted by molar-refractivity contribution is -0.143. The Morgan fingerprint density at radius 2 is 1.64 bits per heavy atom. The molecular weight excluding hydrogens is 474 g/mol. The van der Waals surface area contributed by atoms with Crippen molar-refractivity contribution in [1.82, 2.24) is 20.0 Å². The van der Waals surface area contributed by atoms with E-state index in [2.05, 4.69) is 15.1 Å². The summed E-state index contributed by atoms with van der Waals surface area (Å²) in [5.74, 6) is 0.924. The minimum atomic E-state index is -0.142. The smallest absolute Gasteiger partial charge is 0.242 e. The molecule has 2 amide bonds. The van der Waals surface area contributed by atoms with Crippen molar-refractivity contribution < 1.29 is 9.59 Å². The quantitative estimate of drug-likeness (QED) is 0.476. The summed E-state index contributed by atoms with van der Waals surface area (Å²) in [4.78, 5) is 32.0. The molecule has 0 radical (unpaired) electrons. The maximum Gasteiger partial charge on any atom is 0.242 e. The van der Waals surface area contributed by atoms with Crippen LogP contribution in [0.2, 0.25) is 5.02 Å². The SMILES string of the molecule is CC(c1ccccc1)N(CC(=O)N1CCN(c2ccc(-c3ccccc3Cl)nn2)CC1)C(=O)C1CC1. The highest BCUT2D eigenvalue weighted by Crippen LogP contribution is 2.34. The van der Waals surface area contributed by atoms with Crippen molar-refractivity contribution in [2.24, 2.45) is 5.92 Å². The number of halogens is 1. The molecule has 1 aromatic heterocycles. The Morgan fingerprint density at radius 3 is 2.28 bits per heavy atom. The maximum atomic E-state index is 13.2. The van der Waals surface area contributed by atoms with Gasteiger partial charge in [0.05, 0.1) is 16.8 Å². The molecule has 0 N–H and O–H groups in total. The molecule has 1 saturated carbocycles. The predicted octanol–water partition coefficient (Wildman–Crippen LogP) is 4.45. The molecule has 1 aliphatic carbocycles. The van der Waals surface area contributed by atoms with Crippen LogP contribution in [0.15, 0.2) is 66.7 Å². The first-order valence-electron chi connectivity index (χ1n) is 12.5. The molecule has 2 heterocycles. The summed E-state index contributed by atoms with van der Waals surface area (Å²) in [6.07, 6.45) is 1.83. The number of carbonyl (C=O) groups excluding carboxylic acids is 2. The molecule has 1 saturated heterocycles. The highest BCUT2D eigenvalue weighted by Gasteiger charge is 2.37. The predicted molar refractivity (Wildman–Crippen MR) is 141 cm³/mol. The zero-order valence-electron chi connectivity index (χ0n) is 20.4. The van der Waals surface area contributed by atoms with Crippen molar-refractivity contribution in [2.75, 3.05) is 37.6 Å². The van der Waals surface area contributed by atoms with Crippen LogP contribution >= 0.6 is 11.6 Å². The highest BCUT2D eigenvalue weighted by atomic mass is 35.5. The molecule has 0 bridgehead atoms. The normalized spacial score (nSPS) is 16.5. The third-order valence-corrected chi connectivity index (χ3v) is 7.35. The second kappa shape index (κ2) is 10.7. The number of hydrogen-bond donors (Lipinski definition) is 0. The van der Waals surface area contributed by atoms with E-state index in [0.717, 1.165) is 35.5 Å². The molecule has 2 aromatic carbocycles. The van der Waals surface area contributed by atoms with E-state index in [0.29, 0.717) is 31.2 Å². The Labute approximate surface area is 216 Å². The van der Waals surface area contributed by atoms with E-state index in [4.69, 9.17) is 11.6 Å². The van der Waals surface area contributed by atoms with E-state index in [9.17, 15) is 9.59 Å². The fourth-order valence-corrected chi connectivity index (χ4v) is 4.85. The summed E-state index contributed by atoms with van der Waals surface area (Å²) in [5, 5.41) is 9.41. The molecule has 5 rings (SSSR count). The average molecular weight is 504 g/mol. The highest BCUT2D eigenvalue weighted by molar-refractivity contribution is 6.33. The van der Waals surface area contributed by atoms with Crippen LogP contribution in [0.4, 0.5) is 5.82 Å². The second-order valence-electron chi connectivity index (χ2n) is 9.45. The zero-order valence-corrected chi connectivity index (χ0v) is 21.1. The van der Waals surface area contributed by atoms with Gasteiger partial charge in [-0.25, -0.2) is 0 Å². The van der Waals surface area contributed by atoms with Crippen LogP contribution in [0.5, 0.6) is 0 Å². The van der Waals surface area contributed by atoms with Gasteiger partial charge in [-0.15, -0.1) is 10.2 Å². The summed E-state index contributed by atoms with van der Waals surface area (Å²) < 4.78 is 0. The number of benzene rings is 2. The molecule has 1 unspecified atom stereocenters. The van der Waals surface area contributed by atoms with Gasteiger partial charge >= 0.3 is 0 Å². The van der Waals surface area contributed by atoms with Crippen LogP contribution in [0.3, 0.4) is 0 Å². The van der Waals surface area contributed by atoms with Gasteiger partial charge in [0.15, 0.2) is 5.82 Å². The van der Waals surface area contributed by atoms with Crippen LogP contribution in [0, 0.1) is 5.92 Å². The van der Waals surface area contributed by atoms with E-state index in [1.54, 1.807) is 4.90 Å². The molecule has 186 valence electrons. The first-order valence-corrected chi connectivity index (χ1v) is 12.9. The fraction of sp³-hybridized carbons (Fsp3) is 0.357. The van der Waals surface area contributed by atoms with E-state index in [1.807, 2.05) is 78.6 Å². The van der Waals surface area contributed by atoms with Gasteiger partial charge in [-0.05, 0) is 43.5 Å². The summed E-state index contributed by atoms with van der Waals surface area (Å²) in [5.41, 5.74) is 2.62. The van der Waals surface area contributed by atoms with Crippen molar-refractivity contribution in [2.45, 2.75) is 25.8 Å². The van der Waals surface area contributed by atoms with Crippen molar-refractivity contribution in [1.29, 1.82) is 0 Å². The van der Waals surface area contributed by atoms with Crippen molar-refractivity contribution in [3.8, 4) is 11.3 Å². The van der Waals surface area contributed by atoms with Crippen molar-refractivity contribution in [3.05, 3.63) is 77.3 Å². The van der Waals surface area contributed by atoms with Gasteiger partial charge in [0, 0.05) is 37.7 Å².